The van der Waals surface area contributed by atoms with Crippen LogP contribution in [-0.2, 0) is 14.8 Å². The number of carboxylic acid groups (broad SMARTS) is 1. The summed E-state index contributed by atoms with van der Waals surface area (Å²) in [6, 6.07) is 13.0. The first kappa shape index (κ1) is 20.4. The minimum atomic E-state index is -3.65. The van der Waals surface area contributed by atoms with Crippen molar-refractivity contribution in [2.75, 3.05) is 33.3 Å². The Hall–Kier alpha value is -2.88. The molecule has 2 aromatic carbocycles. The fourth-order valence-electron chi connectivity index (χ4n) is 3.90. The van der Waals surface area contributed by atoms with E-state index in [0.717, 1.165) is 10.9 Å². The van der Waals surface area contributed by atoms with Crippen LogP contribution in [-0.4, -0.2) is 67.0 Å². The first-order valence-electron chi connectivity index (χ1n) is 9.59. The van der Waals surface area contributed by atoms with E-state index in [1.807, 2.05) is 29.2 Å². The minimum absolute atomic E-state index is 0.197. The Labute approximate surface area is 174 Å². The van der Waals surface area contributed by atoms with Gasteiger partial charge >= 0.3 is 5.97 Å². The number of ether oxygens (including phenoxy) is 1. The Morgan fingerprint density at radius 3 is 2.37 bits per heavy atom. The highest BCUT2D eigenvalue weighted by molar-refractivity contribution is 7.89. The number of carbonyl (C=O) groups is 1. The van der Waals surface area contributed by atoms with Crippen LogP contribution in [0.4, 0.5) is 0 Å². The molecule has 0 bridgehead atoms. The van der Waals surface area contributed by atoms with E-state index in [9.17, 15) is 18.3 Å². The molecular weight excluding hydrogens is 406 g/mol. The van der Waals surface area contributed by atoms with Crippen molar-refractivity contribution in [3.05, 3.63) is 60.3 Å². The van der Waals surface area contributed by atoms with Crippen molar-refractivity contribution in [2.45, 2.75) is 10.9 Å². The molecule has 0 spiro atoms. The third-order valence-electron chi connectivity index (χ3n) is 5.49. The zero-order chi connectivity index (χ0) is 21.3. The summed E-state index contributed by atoms with van der Waals surface area (Å²) >= 11 is 0. The van der Waals surface area contributed by atoms with E-state index < -0.39 is 22.0 Å². The van der Waals surface area contributed by atoms with Crippen molar-refractivity contribution in [3.63, 3.8) is 0 Å². The van der Waals surface area contributed by atoms with Gasteiger partial charge in [0, 0.05) is 48.8 Å². The fraction of sp³-hybridized carbons (Fsp3) is 0.286. The molecule has 3 aromatic rings. The lowest BCUT2D eigenvalue weighted by atomic mass is 10.0. The number of piperazine rings is 1. The molecule has 30 heavy (non-hydrogen) atoms. The number of aromatic nitrogens is 1. The van der Waals surface area contributed by atoms with Gasteiger partial charge in [-0.05, 0) is 30.3 Å². The molecule has 8 nitrogen and oxygen atoms in total. The Kier molecular flexibility index (Phi) is 5.50. The maximum Gasteiger partial charge on any atom is 0.325 e. The maximum atomic E-state index is 12.9. The number of nitrogens with zero attached hydrogens (tertiary/aromatic N) is 2. The SMILES string of the molecule is COc1ccc(S(=O)(=O)N2CCN(C(C(=O)O)c3c[nH]c4ccccc34)CC2)cc1. The number of hydrogen-bond acceptors (Lipinski definition) is 5. The van der Waals surface area contributed by atoms with Crippen molar-refractivity contribution >= 4 is 26.9 Å². The van der Waals surface area contributed by atoms with Gasteiger partial charge in [0.25, 0.3) is 0 Å². The summed E-state index contributed by atoms with van der Waals surface area (Å²) in [5.41, 5.74) is 1.56. The van der Waals surface area contributed by atoms with Crippen LogP contribution in [0.25, 0.3) is 10.9 Å². The standard InChI is InChI=1S/C21H23N3O5S/c1-29-15-6-8-16(9-7-15)30(27,28)24-12-10-23(11-13-24)20(21(25)26)18-14-22-19-5-3-2-4-17(18)19/h2-9,14,20,22H,10-13H2,1H3,(H,25,26). The van der Waals surface area contributed by atoms with Gasteiger partial charge in [0.2, 0.25) is 10.0 Å². The van der Waals surface area contributed by atoms with Crippen LogP contribution < -0.4 is 4.74 Å². The van der Waals surface area contributed by atoms with Crippen LogP contribution in [0, 0.1) is 0 Å². The molecule has 9 heteroatoms. The minimum Gasteiger partial charge on any atom is -0.497 e. The van der Waals surface area contributed by atoms with Gasteiger partial charge in [-0.3, -0.25) is 9.69 Å². The number of carboxylic acids is 1. The van der Waals surface area contributed by atoms with Gasteiger partial charge < -0.3 is 14.8 Å². The van der Waals surface area contributed by atoms with E-state index in [2.05, 4.69) is 4.98 Å². The van der Waals surface area contributed by atoms with Crippen molar-refractivity contribution in [1.29, 1.82) is 0 Å². The number of para-hydroxylation sites is 1. The lowest BCUT2D eigenvalue weighted by molar-refractivity contribution is -0.144. The summed E-state index contributed by atoms with van der Waals surface area (Å²) in [5.74, 6) is -0.368. The molecule has 0 saturated carbocycles. The van der Waals surface area contributed by atoms with Gasteiger partial charge in [-0.2, -0.15) is 4.31 Å². The molecule has 158 valence electrons. The number of H-pyrrole nitrogens is 1. The third-order valence-corrected chi connectivity index (χ3v) is 7.40. The normalized spacial score (nSPS) is 17.1. The molecule has 1 unspecified atom stereocenters. The number of benzene rings is 2. The molecule has 1 aromatic heterocycles. The number of rotatable bonds is 6. The van der Waals surface area contributed by atoms with Gasteiger partial charge in [-0.1, -0.05) is 18.2 Å². The second-order valence-electron chi connectivity index (χ2n) is 7.15. The summed E-state index contributed by atoms with van der Waals surface area (Å²) in [6.45, 7) is 1.10. The van der Waals surface area contributed by atoms with Gasteiger partial charge in [-0.15, -0.1) is 0 Å². The second-order valence-corrected chi connectivity index (χ2v) is 9.08. The molecule has 0 aliphatic carbocycles. The molecule has 1 atom stereocenters. The second kappa shape index (κ2) is 8.10. The van der Waals surface area contributed by atoms with Crippen molar-refractivity contribution in [1.82, 2.24) is 14.2 Å². The number of aromatic amines is 1. The third kappa shape index (κ3) is 3.67. The van der Waals surface area contributed by atoms with E-state index >= 15 is 0 Å². The quantitative estimate of drug-likeness (QED) is 0.623. The molecule has 0 radical (unpaired) electrons. The van der Waals surface area contributed by atoms with Gasteiger partial charge in [0.05, 0.1) is 12.0 Å². The predicted molar refractivity (Wildman–Crippen MR) is 112 cm³/mol. The number of aliphatic carboxylic acids is 1. The fourth-order valence-corrected chi connectivity index (χ4v) is 5.33. The summed E-state index contributed by atoms with van der Waals surface area (Å²) in [7, 11) is -2.12. The molecule has 2 N–H and O–H groups in total. The Morgan fingerprint density at radius 2 is 1.73 bits per heavy atom. The van der Waals surface area contributed by atoms with E-state index in [1.54, 1.807) is 18.3 Å². The van der Waals surface area contributed by atoms with Crippen LogP contribution in [0.1, 0.15) is 11.6 Å². The summed E-state index contributed by atoms with van der Waals surface area (Å²) in [4.78, 5) is 17.2. The Morgan fingerprint density at radius 1 is 1.07 bits per heavy atom. The zero-order valence-electron chi connectivity index (χ0n) is 16.5. The summed E-state index contributed by atoms with van der Waals surface area (Å²) < 4.78 is 32.4. The lowest BCUT2D eigenvalue weighted by Gasteiger charge is -2.37. The number of nitrogens with one attached hydrogen (secondary N) is 1. The molecule has 1 saturated heterocycles. The van der Waals surface area contributed by atoms with E-state index in [0.29, 0.717) is 24.4 Å². The largest absolute Gasteiger partial charge is 0.497 e. The first-order chi connectivity index (χ1) is 14.4. The highest BCUT2D eigenvalue weighted by Gasteiger charge is 2.35. The smallest absolute Gasteiger partial charge is 0.325 e. The number of hydrogen-bond donors (Lipinski definition) is 2. The van der Waals surface area contributed by atoms with Crippen LogP contribution in [0.15, 0.2) is 59.6 Å². The molecule has 1 aliphatic heterocycles. The first-order valence-corrected chi connectivity index (χ1v) is 11.0. The zero-order valence-corrected chi connectivity index (χ0v) is 17.3. The van der Waals surface area contributed by atoms with Crippen LogP contribution in [0.2, 0.25) is 0 Å². The van der Waals surface area contributed by atoms with E-state index in [-0.39, 0.29) is 18.0 Å². The van der Waals surface area contributed by atoms with E-state index in [1.165, 1.54) is 23.5 Å². The summed E-state index contributed by atoms with van der Waals surface area (Å²) in [5, 5.41) is 10.8. The van der Waals surface area contributed by atoms with Crippen LogP contribution in [0.5, 0.6) is 5.75 Å². The van der Waals surface area contributed by atoms with Crippen LogP contribution in [0.3, 0.4) is 0 Å². The van der Waals surface area contributed by atoms with Gasteiger partial charge in [0.15, 0.2) is 0 Å². The Balaban J connectivity index is 1.53. The highest BCUT2D eigenvalue weighted by Crippen LogP contribution is 2.30. The highest BCUT2D eigenvalue weighted by atomic mass is 32.2. The molecule has 0 amide bonds. The maximum absolute atomic E-state index is 12.9. The number of fused-ring (bicyclic) bond motifs is 1. The molecule has 2 heterocycles. The molecule has 1 fully saturated rings. The van der Waals surface area contributed by atoms with Gasteiger partial charge in [0.1, 0.15) is 11.8 Å². The molecular formula is C21H23N3O5S. The monoisotopic (exact) mass is 429 g/mol. The Bertz CT molecular complexity index is 1150. The summed E-state index contributed by atoms with van der Waals surface area (Å²) in [6.07, 6.45) is 1.73. The topological polar surface area (TPSA) is 103 Å². The molecule has 4 rings (SSSR count). The van der Waals surface area contributed by atoms with Gasteiger partial charge in [-0.25, -0.2) is 8.42 Å². The van der Waals surface area contributed by atoms with Crippen molar-refractivity contribution in [2.24, 2.45) is 0 Å². The lowest BCUT2D eigenvalue weighted by Crippen LogP contribution is -2.50. The van der Waals surface area contributed by atoms with Crippen LogP contribution >= 0.6 is 0 Å². The molecule has 1 aliphatic rings. The average molecular weight is 429 g/mol. The number of sulfonamides is 1. The number of methoxy groups -OCH3 is 1. The van der Waals surface area contributed by atoms with E-state index in [4.69, 9.17) is 4.74 Å². The predicted octanol–water partition coefficient (Wildman–Crippen LogP) is 2.31. The average Bonchev–Trinajstić information content (AvgIpc) is 3.18. The van der Waals surface area contributed by atoms with Crippen molar-refractivity contribution < 1.29 is 23.1 Å². The van der Waals surface area contributed by atoms with Crippen molar-refractivity contribution in [3.8, 4) is 5.75 Å².